The van der Waals surface area contributed by atoms with Crippen LogP contribution in [0, 0.1) is 0 Å². The summed E-state index contributed by atoms with van der Waals surface area (Å²) >= 11 is 0. The highest BCUT2D eigenvalue weighted by molar-refractivity contribution is 6.14. The fraction of sp³-hybridized carbons (Fsp3) is 0. The molecule has 0 atom stereocenters. The van der Waals surface area contributed by atoms with Crippen LogP contribution in [0.1, 0.15) is 0 Å². The fourth-order valence-electron chi connectivity index (χ4n) is 8.07. The molecule has 0 saturated carbocycles. The van der Waals surface area contributed by atoms with Crippen LogP contribution in [0.3, 0.4) is 0 Å². The minimum atomic E-state index is 0.564. The van der Waals surface area contributed by atoms with Gasteiger partial charge in [-0.1, -0.05) is 152 Å². The zero-order valence-corrected chi connectivity index (χ0v) is 30.2. The third kappa shape index (κ3) is 5.29. The van der Waals surface area contributed by atoms with Gasteiger partial charge in [0.1, 0.15) is 11.2 Å². The molecular formula is C51H32N4O. The predicted octanol–water partition coefficient (Wildman–Crippen LogP) is 13.2. The summed E-state index contributed by atoms with van der Waals surface area (Å²) in [4.78, 5) is 15.8. The lowest BCUT2D eigenvalue weighted by molar-refractivity contribution is 0.669. The van der Waals surface area contributed by atoms with Gasteiger partial charge in [-0.3, -0.25) is 0 Å². The Morgan fingerprint density at radius 2 is 0.875 bits per heavy atom. The van der Waals surface area contributed by atoms with Crippen LogP contribution in [0.2, 0.25) is 0 Å². The number of fused-ring (bicyclic) bond motifs is 6. The monoisotopic (exact) mass is 716 g/mol. The third-order valence-electron chi connectivity index (χ3n) is 10.7. The van der Waals surface area contributed by atoms with Gasteiger partial charge in [0.2, 0.25) is 0 Å². The van der Waals surface area contributed by atoms with Crippen LogP contribution in [-0.2, 0) is 0 Å². The number of benzene rings is 8. The Labute approximate surface area is 322 Å². The van der Waals surface area contributed by atoms with Crippen LogP contribution in [0.4, 0.5) is 0 Å². The Balaban J connectivity index is 1.21. The average molecular weight is 717 g/mol. The van der Waals surface area contributed by atoms with E-state index < -0.39 is 0 Å². The Morgan fingerprint density at radius 3 is 1.55 bits per heavy atom. The number of nitrogens with zero attached hydrogens (tertiary/aromatic N) is 4. The van der Waals surface area contributed by atoms with Gasteiger partial charge in [-0.2, -0.15) is 0 Å². The molecule has 0 unspecified atom stereocenters. The van der Waals surface area contributed by atoms with Crippen LogP contribution >= 0.6 is 0 Å². The molecule has 56 heavy (non-hydrogen) atoms. The summed E-state index contributed by atoms with van der Waals surface area (Å²) in [7, 11) is 0. The van der Waals surface area contributed by atoms with Gasteiger partial charge in [-0.15, -0.1) is 0 Å². The SMILES string of the molecule is c1ccc(-c2ccc(-c3nc(-c4ccccc4)nc(-c4cc(-c5ccccc5)c5c(c4)oc4ccccc45)n3)c(-n3c4ccccc4c4ccccc43)c2)cc1. The lowest BCUT2D eigenvalue weighted by Crippen LogP contribution is -2.04. The first-order valence-electron chi connectivity index (χ1n) is 18.8. The van der Waals surface area contributed by atoms with Crippen LogP contribution in [0.15, 0.2) is 199 Å². The maximum Gasteiger partial charge on any atom is 0.166 e. The van der Waals surface area contributed by atoms with Gasteiger partial charge >= 0.3 is 0 Å². The number of furan rings is 1. The highest BCUT2D eigenvalue weighted by Crippen LogP contribution is 2.41. The van der Waals surface area contributed by atoms with E-state index in [1.807, 2.05) is 48.5 Å². The minimum Gasteiger partial charge on any atom is -0.456 e. The number of rotatable bonds is 6. The zero-order chi connectivity index (χ0) is 37.0. The molecule has 11 aromatic rings. The zero-order valence-electron chi connectivity index (χ0n) is 30.2. The van der Waals surface area contributed by atoms with Crippen molar-refractivity contribution in [3.05, 3.63) is 194 Å². The van der Waals surface area contributed by atoms with Crippen molar-refractivity contribution in [1.29, 1.82) is 0 Å². The van der Waals surface area contributed by atoms with E-state index in [-0.39, 0.29) is 0 Å². The van der Waals surface area contributed by atoms with E-state index in [4.69, 9.17) is 19.4 Å². The van der Waals surface area contributed by atoms with Gasteiger partial charge in [0.15, 0.2) is 17.5 Å². The van der Waals surface area contributed by atoms with Crippen molar-refractivity contribution in [2.75, 3.05) is 0 Å². The third-order valence-corrected chi connectivity index (χ3v) is 10.7. The summed E-state index contributed by atoms with van der Waals surface area (Å²) in [6.07, 6.45) is 0. The molecule has 3 aromatic heterocycles. The molecule has 262 valence electrons. The largest absolute Gasteiger partial charge is 0.456 e. The lowest BCUT2D eigenvalue weighted by atomic mass is 9.96. The van der Waals surface area contributed by atoms with E-state index >= 15 is 0 Å². The molecule has 5 nitrogen and oxygen atoms in total. The molecule has 0 aliphatic rings. The van der Waals surface area contributed by atoms with Crippen LogP contribution in [0.5, 0.6) is 0 Å². The number of para-hydroxylation sites is 3. The van der Waals surface area contributed by atoms with Crippen LogP contribution in [0.25, 0.3) is 106 Å². The molecule has 8 aromatic carbocycles. The highest BCUT2D eigenvalue weighted by atomic mass is 16.3. The molecule has 0 N–H and O–H groups in total. The smallest absolute Gasteiger partial charge is 0.166 e. The van der Waals surface area contributed by atoms with Crippen molar-refractivity contribution in [1.82, 2.24) is 19.5 Å². The van der Waals surface area contributed by atoms with E-state index in [1.165, 1.54) is 10.8 Å². The second-order valence-electron chi connectivity index (χ2n) is 14.0. The summed E-state index contributed by atoms with van der Waals surface area (Å²) in [5, 5.41) is 4.52. The normalized spacial score (nSPS) is 11.6. The topological polar surface area (TPSA) is 56.7 Å². The van der Waals surface area contributed by atoms with Crippen LogP contribution in [-0.4, -0.2) is 19.5 Å². The second-order valence-corrected chi connectivity index (χ2v) is 14.0. The van der Waals surface area contributed by atoms with Crippen molar-refractivity contribution in [2.24, 2.45) is 0 Å². The maximum absolute atomic E-state index is 6.54. The summed E-state index contributed by atoms with van der Waals surface area (Å²) in [6.45, 7) is 0. The van der Waals surface area contributed by atoms with Crippen molar-refractivity contribution in [2.45, 2.75) is 0 Å². The van der Waals surface area contributed by atoms with Gasteiger partial charge in [0, 0.05) is 38.2 Å². The van der Waals surface area contributed by atoms with Gasteiger partial charge in [-0.25, -0.2) is 15.0 Å². The molecule has 0 saturated heterocycles. The molecule has 0 amide bonds. The van der Waals surface area contributed by atoms with Crippen molar-refractivity contribution in [3.8, 4) is 62.1 Å². The molecule has 11 rings (SSSR count). The molecular weight excluding hydrogens is 685 g/mol. The first-order chi connectivity index (χ1) is 27.8. The maximum atomic E-state index is 6.54. The van der Waals surface area contributed by atoms with Crippen molar-refractivity contribution >= 4 is 43.7 Å². The van der Waals surface area contributed by atoms with Gasteiger partial charge in [-0.05, 0) is 64.7 Å². The first-order valence-corrected chi connectivity index (χ1v) is 18.8. The summed E-state index contributed by atoms with van der Waals surface area (Å²) < 4.78 is 8.89. The summed E-state index contributed by atoms with van der Waals surface area (Å²) in [6, 6.07) is 67.4. The van der Waals surface area contributed by atoms with E-state index in [0.29, 0.717) is 17.5 Å². The molecule has 0 radical (unpaired) electrons. The quantitative estimate of drug-likeness (QED) is 0.172. The van der Waals surface area contributed by atoms with Gasteiger partial charge < -0.3 is 8.98 Å². The lowest BCUT2D eigenvalue weighted by Gasteiger charge is -2.16. The van der Waals surface area contributed by atoms with E-state index in [9.17, 15) is 0 Å². The number of hydrogen-bond acceptors (Lipinski definition) is 4. The van der Waals surface area contributed by atoms with Gasteiger partial charge in [0.05, 0.1) is 16.7 Å². The number of aromatic nitrogens is 4. The highest BCUT2D eigenvalue weighted by Gasteiger charge is 2.22. The fourth-order valence-corrected chi connectivity index (χ4v) is 8.07. The Kier molecular flexibility index (Phi) is 7.42. The molecule has 0 aliphatic carbocycles. The summed E-state index contributed by atoms with van der Waals surface area (Å²) in [5.74, 6) is 1.74. The standard InChI is InChI=1S/C51H32N4O/c1-4-16-33(17-5-1)36-28-29-40(45(31-36)55-43-25-13-10-22-38(43)39-23-11-14-26-44(39)55)51-53-49(35-20-8-3-9-21-35)52-50(54-51)37-30-42(34-18-6-2-7-19-34)48-41-24-12-15-27-46(41)56-47(48)32-37/h1-32H. The number of hydrogen-bond donors (Lipinski definition) is 0. The molecule has 5 heteroatoms. The van der Waals surface area contributed by atoms with Gasteiger partial charge in [0.25, 0.3) is 0 Å². The molecule has 3 heterocycles. The average Bonchev–Trinajstić information content (AvgIpc) is 3.82. The first kappa shape index (κ1) is 31.9. The summed E-state index contributed by atoms with van der Waals surface area (Å²) in [5.41, 5.74) is 11.9. The van der Waals surface area contributed by atoms with Crippen LogP contribution < -0.4 is 0 Å². The van der Waals surface area contributed by atoms with E-state index in [2.05, 4.69) is 150 Å². The Bertz CT molecular complexity index is 3190. The minimum absolute atomic E-state index is 0.564. The predicted molar refractivity (Wildman–Crippen MR) is 229 cm³/mol. The second kappa shape index (κ2) is 13.0. The molecule has 0 fully saturated rings. The molecule has 0 bridgehead atoms. The molecule has 0 spiro atoms. The van der Waals surface area contributed by atoms with Crippen molar-refractivity contribution in [3.63, 3.8) is 0 Å². The molecule has 0 aliphatic heterocycles. The van der Waals surface area contributed by atoms with Crippen molar-refractivity contribution < 1.29 is 4.42 Å². The van der Waals surface area contributed by atoms with E-state index in [0.717, 1.165) is 77.6 Å². The Morgan fingerprint density at radius 1 is 0.339 bits per heavy atom. The van der Waals surface area contributed by atoms with E-state index in [1.54, 1.807) is 0 Å². The Hall–Kier alpha value is -7.63.